The van der Waals surface area contributed by atoms with E-state index in [0.29, 0.717) is 12.1 Å². The van der Waals surface area contributed by atoms with Gasteiger partial charge in [-0.25, -0.2) is 0 Å². The van der Waals surface area contributed by atoms with Crippen LogP contribution in [0.25, 0.3) is 0 Å². The molecule has 0 heterocycles. The molecule has 0 fully saturated rings. The molecular formula is C18H20N2O. The molecule has 1 amide bonds. The Morgan fingerprint density at radius 2 is 1.86 bits per heavy atom. The minimum Gasteiger partial charge on any atom is -0.381 e. The summed E-state index contributed by atoms with van der Waals surface area (Å²) in [4.78, 5) is 11.8. The Morgan fingerprint density at radius 1 is 1.14 bits per heavy atom. The number of hydrogen-bond donors (Lipinski definition) is 2. The van der Waals surface area contributed by atoms with Crippen LogP contribution < -0.4 is 10.6 Å². The molecule has 0 unspecified atom stereocenters. The van der Waals surface area contributed by atoms with E-state index in [9.17, 15) is 4.79 Å². The van der Waals surface area contributed by atoms with Crippen LogP contribution in [0.1, 0.15) is 21.5 Å². The Hall–Kier alpha value is -2.55. The van der Waals surface area contributed by atoms with Crippen LogP contribution >= 0.6 is 0 Å². The van der Waals surface area contributed by atoms with E-state index in [4.69, 9.17) is 0 Å². The van der Waals surface area contributed by atoms with Crippen LogP contribution in [0.15, 0.2) is 61.2 Å². The SMILES string of the molecule is C=CCNC(=O)c1ccc(NCc2ccccc2C)cc1. The number of amides is 1. The van der Waals surface area contributed by atoms with Crippen molar-refractivity contribution in [2.45, 2.75) is 13.5 Å². The highest BCUT2D eigenvalue weighted by molar-refractivity contribution is 5.94. The Kier molecular flexibility index (Phi) is 5.16. The molecule has 2 aromatic carbocycles. The minimum atomic E-state index is -0.0830. The van der Waals surface area contributed by atoms with E-state index in [0.717, 1.165) is 12.2 Å². The summed E-state index contributed by atoms with van der Waals surface area (Å²) in [6.45, 7) is 6.93. The maximum atomic E-state index is 11.8. The molecule has 2 N–H and O–H groups in total. The van der Waals surface area contributed by atoms with Gasteiger partial charge in [0, 0.05) is 24.3 Å². The number of carbonyl (C=O) groups excluding carboxylic acids is 1. The Labute approximate surface area is 125 Å². The van der Waals surface area contributed by atoms with Crippen LogP contribution in [0.5, 0.6) is 0 Å². The molecule has 3 nitrogen and oxygen atoms in total. The standard InChI is InChI=1S/C18H20N2O/c1-3-12-19-18(21)15-8-10-17(11-9-15)20-13-16-7-5-4-6-14(16)2/h3-11,20H,1,12-13H2,2H3,(H,19,21). The third kappa shape index (κ3) is 4.21. The van der Waals surface area contributed by atoms with Gasteiger partial charge in [-0.1, -0.05) is 30.3 Å². The van der Waals surface area contributed by atoms with E-state index in [1.165, 1.54) is 11.1 Å². The fourth-order valence-electron chi connectivity index (χ4n) is 2.01. The van der Waals surface area contributed by atoms with Crippen molar-refractivity contribution in [2.24, 2.45) is 0 Å². The predicted octanol–water partition coefficient (Wildman–Crippen LogP) is 3.52. The molecule has 2 aromatic rings. The zero-order chi connectivity index (χ0) is 15.1. The van der Waals surface area contributed by atoms with Crippen LogP contribution in [0, 0.1) is 6.92 Å². The first kappa shape index (κ1) is 14.9. The second kappa shape index (κ2) is 7.29. The smallest absolute Gasteiger partial charge is 0.251 e. The van der Waals surface area contributed by atoms with Gasteiger partial charge in [0.25, 0.3) is 5.91 Å². The average Bonchev–Trinajstić information content (AvgIpc) is 2.52. The van der Waals surface area contributed by atoms with Crippen molar-refractivity contribution in [3.63, 3.8) is 0 Å². The van der Waals surface area contributed by atoms with Gasteiger partial charge in [-0.3, -0.25) is 4.79 Å². The summed E-state index contributed by atoms with van der Waals surface area (Å²) in [7, 11) is 0. The number of carbonyl (C=O) groups is 1. The third-order valence-electron chi connectivity index (χ3n) is 3.30. The van der Waals surface area contributed by atoms with E-state index >= 15 is 0 Å². The van der Waals surface area contributed by atoms with E-state index in [-0.39, 0.29) is 5.91 Å². The summed E-state index contributed by atoms with van der Waals surface area (Å²) < 4.78 is 0. The zero-order valence-corrected chi connectivity index (χ0v) is 12.2. The first-order valence-corrected chi connectivity index (χ1v) is 6.98. The second-order valence-electron chi connectivity index (χ2n) is 4.86. The molecule has 0 saturated carbocycles. The van der Waals surface area contributed by atoms with Gasteiger partial charge in [0.05, 0.1) is 0 Å². The lowest BCUT2D eigenvalue weighted by molar-refractivity contribution is 0.0958. The number of anilines is 1. The monoisotopic (exact) mass is 280 g/mol. The van der Waals surface area contributed by atoms with Gasteiger partial charge in [-0.15, -0.1) is 6.58 Å². The summed E-state index contributed by atoms with van der Waals surface area (Å²) in [5.41, 5.74) is 4.19. The predicted molar refractivity (Wildman–Crippen MR) is 87.5 cm³/mol. The normalized spacial score (nSPS) is 9.95. The Morgan fingerprint density at radius 3 is 2.52 bits per heavy atom. The fourth-order valence-corrected chi connectivity index (χ4v) is 2.01. The molecule has 0 spiro atoms. The zero-order valence-electron chi connectivity index (χ0n) is 12.2. The summed E-state index contributed by atoms with van der Waals surface area (Å²) in [6, 6.07) is 15.8. The van der Waals surface area contributed by atoms with E-state index in [1.807, 2.05) is 36.4 Å². The van der Waals surface area contributed by atoms with Crippen molar-refractivity contribution in [1.82, 2.24) is 5.32 Å². The molecule has 0 aliphatic carbocycles. The number of aryl methyl sites for hydroxylation is 1. The Balaban J connectivity index is 1.95. The fraction of sp³-hybridized carbons (Fsp3) is 0.167. The van der Waals surface area contributed by atoms with Crippen LogP contribution in [0.4, 0.5) is 5.69 Å². The van der Waals surface area contributed by atoms with E-state index < -0.39 is 0 Å². The van der Waals surface area contributed by atoms with Gasteiger partial charge in [-0.05, 0) is 42.3 Å². The minimum absolute atomic E-state index is 0.0830. The molecule has 0 bridgehead atoms. The van der Waals surface area contributed by atoms with Gasteiger partial charge in [0.2, 0.25) is 0 Å². The van der Waals surface area contributed by atoms with Crippen molar-refractivity contribution in [2.75, 3.05) is 11.9 Å². The summed E-state index contributed by atoms with van der Waals surface area (Å²) >= 11 is 0. The molecule has 108 valence electrons. The average molecular weight is 280 g/mol. The summed E-state index contributed by atoms with van der Waals surface area (Å²) in [6.07, 6.45) is 1.66. The molecule has 0 radical (unpaired) electrons. The van der Waals surface area contributed by atoms with Crippen LogP contribution in [0.3, 0.4) is 0 Å². The summed E-state index contributed by atoms with van der Waals surface area (Å²) in [5.74, 6) is -0.0830. The van der Waals surface area contributed by atoms with Crippen molar-refractivity contribution < 1.29 is 4.79 Å². The van der Waals surface area contributed by atoms with Gasteiger partial charge in [0.1, 0.15) is 0 Å². The van der Waals surface area contributed by atoms with E-state index in [1.54, 1.807) is 6.08 Å². The first-order chi connectivity index (χ1) is 10.2. The highest BCUT2D eigenvalue weighted by Crippen LogP contribution is 2.13. The molecule has 3 heteroatoms. The lowest BCUT2D eigenvalue weighted by atomic mass is 10.1. The van der Waals surface area contributed by atoms with Gasteiger partial charge in [-0.2, -0.15) is 0 Å². The highest BCUT2D eigenvalue weighted by Gasteiger charge is 2.03. The number of rotatable bonds is 6. The van der Waals surface area contributed by atoms with Crippen molar-refractivity contribution in [3.05, 3.63) is 77.9 Å². The molecule has 21 heavy (non-hydrogen) atoms. The largest absolute Gasteiger partial charge is 0.381 e. The number of hydrogen-bond acceptors (Lipinski definition) is 2. The molecule has 0 aliphatic rings. The van der Waals surface area contributed by atoms with Crippen LogP contribution in [-0.4, -0.2) is 12.5 Å². The second-order valence-corrected chi connectivity index (χ2v) is 4.86. The lowest BCUT2D eigenvalue weighted by Crippen LogP contribution is -2.23. The highest BCUT2D eigenvalue weighted by atomic mass is 16.1. The maximum absolute atomic E-state index is 11.8. The van der Waals surface area contributed by atoms with Gasteiger partial charge in [0.15, 0.2) is 0 Å². The van der Waals surface area contributed by atoms with Crippen LogP contribution in [-0.2, 0) is 6.54 Å². The molecule has 0 atom stereocenters. The molecule has 2 rings (SSSR count). The molecule has 0 aromatic heterocycles. The summed E-state index contributed by atoms with van der Waals surface area (Å²) in [5, 5.41) is 6.12. The third-order valence-corrected chi connectivity index (χ3v) is 3.30. The molecular weight excluding hydrogens is 260 g/mol. The van der Waals surface area contributed by atoms with Gasteiger partial charge >= 0.3 is 0 Å². The van der Waals surface area contributed by atoms with Crippen LogP contribution in [0.2, 0.25) is 0 Å². The van der Waals surface area contributed by atoms with Gasteiger partial charge < -0.3 is 10.6 Å². The topological polar surface area (TPSA) is 41.1 Å². The number of nitrogens with one attached hydrogen (secondary N) is 2. The molecule has 0 saturated heterocycles. The lowest BCUT2D eigenvalue weighted by Gasteiger charge is -2.09. The van der Waals surface area contributed by atoms with E-state index in [2.05, 4.69) is 36.3 Å². The first-order valence-electron chi connectivity index (χ1n) is 6.98. The number of benzene rings is 2. The van der Waals surface area contributed by atoms with Crippen molar-refractivity contribution in [1.29, 1.82) is 0 Å². The quantitative estimate of drug-likeness (QED) is 0.795. The molecule has 0 aliphatic heterocycles. The van der Waals surface area contributed by atoms with Crippen molar-refractivity contribution >= 4 is 11.6 Å². The van der Waals surface area contributed by atoms with Crippen molar-refractivity contribution in [3.8, 4) is 0 Å². The Bertz CT molecular complexity index is 617. The maximum Gasteiger partial charge on any atom is 0.251 e.